The van der Waals surface area contributed by atoms with Crippen LogP contribution in [0.25, 0.3) is 0 Å². The number of ether oxygens (including phenoxy) is 4. The van der Waals surface area contributed by atoms with Crippen molar-refractivity contribution in [3.8, 4) is 23.0 Å². The van der Waals surface area contributed by atoms with Gasteiger partial charge < -0.3 is 29.1 Å². The number of nitrogens with zero attached hydrogens (tertiary/aromatic N) is 1. The lowest BCUT2D eigenvalue weighted by Crippen LogP contribution is -2.16. The second-order valence-electron chi connectivity index (χ2n) is 5.47. The van der Waals surface area contributed by atoms with Gasteiger partial charge in [-0.15, -0.1) is 0 Å². The molecule has 1 N–H and O–H groups in total. The number of carbonyl (C=O) groups is 1. The first-order valence-electron chi connectivity index (χ1n) is 8.59. The molecule has 0 aliphatic rings. The van der Waals surface area contributed by atoms with E-state index in [1.54, 1.807) is 36.4 Å². The van der Waals surface area contributed by atoms with Crippen molar-refractivity contribution >= 4 is 17.8 Å². The van der Waals surface area contributed by atoms with Gasteiger partial charge in [-0.25, -0.2) is 0 Å². The molecule has 0 unspecified atom stereocenters. The summed E-state index contributed by atoms with van der Waals surface area (Å²) in [7, 11) is 4.58. The molecule has 0 aliphatic carbocycles. The number of carbonyl (C=O) groups excluding carboxylic acids is 1. The van der Waals surface area contributed by atoms with Crippen LogP contribution in [0.2, 0.25) is 0 Å². The molecule has 2 aromatic carbocycles. The maximum absolute atomic E-state index is 11.9. The Morgan fingerprint density at radius 2 is 1.68 bits per heavy atom. The lowest BCUT2D eigenvalue weighted by Gasteiger charge is -2.12. The first kappa shape index (κ1) is 20.9. The Hall–Kier alpha value is -3.42. The van der Waals surface area contributed by atoms with Crippen molar-refractivity contribution in [1.29, 1.82) is 0 Å². The molecule has 0 atom stereocenters. The molecule has 150 valence electrons. The van der Waals surface area contributed by atoms with Gasteiger partial charge in [0, 0.05) is 11.3 Å². The average Bonchev–Trinajstić information content (AvgIpc) is 2.72. The minimum absolute atomic E-state index is 0.228. The molecule has 2 rings (SSSR count). The van der Waals surface area contributed by atoms with E-state index >= 15 is 0 Å². The van der Waals surface area contributed by atoms with Crippen molar-refractivity contribution in [2.24, 2.45) is 5.16 Å². The number of benzene rings is 2. The molecule has 8 nitrogen and oxygen atoms in total. The summed E-state index contributed by atoms with van der Waals surface area (Å²) in [6.07, 6.45) is 1.45. The van der Waals surface area contributed by atoms with Gasteiger partial charge in [0.25, 0.3) is 5.91 Å². The van der Waals surface area contributed by atoms with E-state index in [0.29, 0.717) is 35.1 Å². The van der Waals surface area contributed by atoms with Crippen LogP contribution in [0.1, 0.15) is 12.5 Å². The Morgan fingerprint density at radius 3 is 2.21 bits per heavy atom. The smallest absolute Gasteiger partial charge is 0.265 e. The number of methoxy groups -OCH3 is 3. The maximum Gasteiger partial charge on any atom is 0.265 e. The second-order valence-corrected chi connectivity index (χ2v) is 5.47. The highest BCUT2D eigenvalue weighted by Gasteiger charge is 2.12. The molecule has 0 aromatic heterocycles. The van der Waals surface area contributed by atoms with Crippen LogP contribution >= 0.6 is 0 Å². The summed E-state index contributed by atoms with van der Waals surface area (Å²) < 4.78 is 21.2. The molecule has 0 bridgehead atoms. The number of oxime groups is 1. The minimum Gasteiger partial charge on any atom is -0.494 e. The molecule has 0 heterocycles. The first-order valence-corrected chi connectivity index (χ1v) is 8.59. The molecule has 1 amide bonds. The van der Waals surface area contributed by atoms with Gasteiger partial charge in [-0.1, -0.05) is 5.16 Å². The topological polar surface area (TPSA) is 87.6 Å². The molecule has 2 aromatic rings. The molecule has 8 heteroatoms. The Labute approximate surface area is 164 Å². The predicted molar refractivity (Wildman–Crippen MR) is 106 cm³/mol. The summed E-state index contributed by atoms with van der Waals surface area (Å²) in [5, 5.41) is 6.52. The quantitative estimate of drug-likeness (QED) is 0.497. The standard InChI is InChI=1S/C20H24N2O6/c1-5-27-16-8-6-15(7-9-16)22-19(23)13-28-21-12-14-10-17(24-2)20(26-4)18(11-14)25-3/h6-12H,5,13H2,1-4H3,(H,22,23)/b21-12-. The number of anilines is 1. The zero-order chi connectivity index (χ0) is 20.4. The van der Waals surface area contributed by atoms with Crippen molar-refractivity contribution in [3.05, 3.63) is 42.0 Å². The maximum atomic E-state index is 11.9. The van der Waals surface area contributed by atoms with Gasteiger partial charge in [0.2, 0.25) is 5.75 Å². The van der Waals surface area contributed by atoms with E-state index in [-0.39, 0.29) is 12.5 Å². The van der Waals surface area contributed by atoms with Gasteiger partial charge in [0.15, 0.2) is 18.1 Å². The highest BCUT2D eigenvalue weighted by atomic mass is 16.6. The summed E-state index contributed by atoms with van der Waals surface area (Å²) in [4.78, 5) is 17.0. The highest BCUT2D eigenvalue weighted by Crippen LogP contribution is 2.37. The summed E-state index contributed by atoms with van der Waals surface area (Å²) in [6.45, 7) is 2.27. The van der Waals surface area contributed by atoms with E-state index in [9.17, 15) is 4.79 Å². The third-order valence-corrected chi connectivity index (χ3v) is 3.61. The Bertz CT molecular complexity index is 780. The highest BCUT2D eigenvalue weighted by molar-refractivity contribution is 5.91. The van der Waals surface area contributed by atoms with E-state index in [0.717, 1.165) is 5.75 Å². The lowest BCUT2D eigenvalue weighted by atomic mass is 10.2. The van der Waals surface area contributed by atoms with Crippen LogP contribution in [0, 0.1) is 0 Å². The zero-order valence-corrected chi connectivity index (χ0v) is 16.4. The fourth-order valence-electron chi connectivity index (χ4n) is 2.37. The molecular weight excluding hydrogens is 364 g/mol. The third-order valence-electron chi connectivity index (χ3n) is 3.61. The summed E-state index contributed by atoms with van der Waals surface area (Å²) >= 11 is 0. The van der Waals surface area contributed by atoms with Gasteiger partial charge in [0.1, 0.15) is 5.75 Å². The summed E-state index contributed by atoms with van der Waals surface area (Å²) in [6, 6.07) is 10.5. The predicted octanol–water partition coefficient (Wildman–Crippen LogP) is 3.10. The fraction of sp³-hybridized carbons (Fsp3) is 0.300. The number of rotatable bonds is 10. The van der Waals surface area contributed by atoms with Crippen molar-refractivity contribution < 1.29 is 28.6 Å². The Kier molecular flexibility index (Phi) is 7.95. The number of hydrogen-bond donors (Lipinski definition) is 1. The normalized spacial score (nSPS) is 10.4. The molecule has 0 spiro atoms. The Morgan fingerprint density at radius 1 is 1.04 bits per heavy atom. The fourth-order valence-corrected chi connectivity index (χ4v) is 2.37. The van der Waals surface area contributed by atoms with Crippen molar-refractivity contribution in [2.45, 2.75) is 6.92 Å². The molecule has 0 fully saturated rings. The minimum atomic E-state index is -0.328. The Balaban J connectivity index is 1.90. The van der Waals surface area contributed by atoms with Crippen LogP contribution in [0.15, 0.2) is 41.6 Å². The summed E-state index contributed by atoms with van der Waals surface area (Å²) in [5.41, 5.74) is 1.31. The van der Waals surface area contributed by atoms with E-state index in [2.05, 4.69) is 10.5 Å². The van der Waals surface area contributed by atoms with Crippen LogP contribution in [-0.2, 0) is 9.63 Å². The molecule has 0 aliphatic heterocycles. The third kappa shape index (κ3) is 5.80. The molecular formula is C20H24N2O6. The largest absolute Gasteiger partial charge is 0.494 e. The van der Waals surface area contributed by atoms with Gasteiger partial charge in [0.05, 0.1) is 34.2 Å². The van der Waals surface area contributed by atoms with Crippen LogP contribution in [0.5, 0.6) is 23.0 Å². The molecule has 0 radical (unpaired) electrons. The number of amides is 1. The molecule has 0 saturated heterocycles. The van der Waals surface area contributed by atoms with E-state index < -0.39 is 0 Å². The van der Waals surface area contributed by atoms with E-state index in [4.69, 9.17) is 23.8 Å². The monoisotopic (exact) mass is 388 g/mol. The SMILES string of the molecule is CCOc1ccc(NC(=O)CO/N=C\c2cc(OC)c(OC)c(OC)c2)cc1. The van der Waals surface area contributed by atoms with Crippen LogP contribution in [0.4, 0.5) is 5.69 Å². The van der Waals surface area contributed by atoms with Crippen molar-refractivity contribution in [3.63, 3.8) is 0 Å². The van der Waals surface area contributed by atoms with Gasteiger partial charge in [-0.3, -0.25) is 4.79 Å². The second kappa shape index (κ2) is 10.7. The average molecular weight is 388 g/mol. The van der Waals surface area contributed by atoms with E-state index in [1.807, 2.05) is 6.92 Å². The van der Waals surface area contributed by atoms with Crippen LogP contribution in [0.3, 0.4) is 0 Å². The van der Waals surface area contributed by atoms with E-state index in [1.165, 1.54) is 27.5 Å². The molecule has 28 heavy (non-hydrogen) atoms. The first-order chi connectivity index (χ1) is 13.6. The number of nitrogens with one attached hydrogen (secondary N) is 1. The summed E-state index contributed by atoms with van der Waals surface area (Å²) in [5.74, 6) is 1.89. The number of hydrogen-bond acceptors (Lipinski definition) is 7. The van der Waals surface area contributed by atoms with Crippen LogP contribution < -0.4 is 24.3 Å². The van der Waals surface area contributed by atoms with Gasteiger partial charge in [-0.2, -0.15) is 0 Å². The van der Waals surface area contributed by atoms with Crippen LogP contribution in [-0.4, -0.2) is 46.7 Å². The van der Waals surface area contributed by atoms with Gasteiger partial charge in [-0.05, 0) is 43.3 Å². The zero-order valence-electron chi connectivity index (χ0n) is 16.4. The lowest BCUT2D eigenvalue weighted by molar-refractivity contribution is -0.120. The van der Waals surface area contributed by atoms with Gasteiger partial charge >= 0.3 is 0 Å². The van der Waals surface area contributed by atoms with Crippen molar-refractivity contribution in [2.75, 3.05) is 39.9 Å². The van der Waals surface area contributed by atoms with Crippen molar-refractivity contribution in [1.82, 2.24) is 0 Å². The molecule has 0 saturated carbocycles.